The Morgan fingerprint density at radius 3 is 2.61 bits per heavy atom. The zero-order valence-corrected chi connectivity index (χ0v) is 9.67. The number of nitro groups is 1. The summed E-state index contributed by atoms with van der Waals surface area (Å²) in [6.45, 7) is 0. The molecule has 0 fully saturated rings. The zero-order chi connectivity index (χ0) is 12.5. The van der Waals surface area contributed by atoms with Gasteiger partial charge in [0, 0.05) is 6.07 Å². The molecule has 1 aliphatic rings. The highest BCUT2D eigenvalue weighted by Gasteiger charge is 2.18. The van der Waals surface area contributed by atoms with E-state index >= 15 is 0 Å². The smallest absolute Gasteiger partial charge is 0.258 e. The fraction of sp³-hybridized carbons (Fsp3) is 0.0667. The highest BCUT2D eigenvalue weighted by atomic mass is 16.6. The van der Waals surface area contributed by atoms with E-state index < -0.39 is 0 Å². The molecule has 0 atom stereocenters. The van der Waals surface area contributed by atoms with Crippen molar-refractivity contribution in [3.63, 3.8) is 0 Å². The Kier molecular flexibility index (Phi) is 2.45. The van der Waals surface area contributed by atoms with E-state index in [-0.39, 0.29) is 10.6 Å². The minimum absolute atomic E-state index is 0.165. The zero-order valence-electron chi connectivity index (χ0n) is 9.67. The molecule has 88 valence electrons. The third-order valence-corrected chi connectivity index (χ3v) is 3.22. The van der Waals surface area contributed by atoms with E-state index in [1.807, 2.05) is 30.3 Å². The molecule has 0 saturated heterocycles. The minimum atomic E-state index is -0.322. The van der Waals surface area contributed by atoms with Crippen LogP contribution in [0.2, 0.25) is 0 Å². The van der Waals surface area contributed by atoms with Crippen LogP contribution in [0.1, 0.15) is 11.1 Å². The number of allylic oxidation sites excluding steroid dienone is 1. The second-order valence-corrected chi connectivity index (χ2v) is 4.25. The van der Waals surface area contributed by atoms with Gasteiger partial charge in [-0.2, -0.15) is 0 Å². The van der Waals surface area contributed by atoms with Gasteiger partial charge in [0.05, 0.1) is 10.5 Å². The van der Waals surface area contributed by atoms with E-state index in [1.54, 1.807) is 12.1 Å². The van der Waals surface area contributed by atoms with E-state index in [4.69, 9.17) is 0 Å². The number of benzene rings is 2. The number of hydrogen-bond acceptors (Lipinski definition) is 2. The highest BCUT2D eigenvalue weighted by molar-refractivity contribution is 5.80. The van der Waals surface area contributed by atoms with Crippen molar-refractivity contribution in [2.45, 2.75) is 6.42 Å². The van der Waals surface area contributed by atoms with E-state index in [9.17, 15) is 10.1 Å². The predicted molar refractivity (Wildman–Crippen MR) is 71.3 cm³/mol. The summed E-state index contributed by atoms with van der Waals surface area (Å²) in [6, 6.07) is 12.8. The largest absolute Gasteiger partial charge is 0.277 e. The Labute approximate surface area is 105 Å². The third kappa shape index (κ3) is 1.61. The molecule has 0 radical (unpaired) electrons. The molecule has 0 unspecified atom stereocenters. The van der Waals surface area contributed by atoms with Crippen LogP contribution in [0.5, 0.6) is 0 Å². The lowest BCUT2D eigenvalue weighted by atomic mass is 9.95. The molecule has 2 aromatic rings. The molecule has 3 nitrogen and oxygen atoms in total. The van der Waals surface area contributed by atoms with Gasteiger partial charge < -0.3 is 0 Å². The summed E-state index contributed by atoms with van der Waals surface area (Å²) in [5, 5.41) is 11.1. The summed E-state index contributed by atoms with van der Waals surface area (Å²) >= 11 is 0. The number of hydrogen-bond donors (Lipinski definition) is 0. The van der Waals surface area contributed by atoms with E-state index in [0.717, 1.165) is 17.5 Å². The van der Waals surface area contributed by atoms with Crippen LogP contribution in [0.25, 0.3) is 17.2 Å². The van der Waals surface area contributed by atoms with Crippen molar-refractivity contribution in [2.24, 2.45) is 0 Å². The average molecular weight is 237 g/mol. The lowest BCUT2D eigenvalue weighted by Gasteiger charge is -2.08. The minimum Gasteiger partial charge on any atom is -0.258 e. The average Bonchev–Trinajstić information content (AvgIpc) is 2.86. The number of fused-ring (bicyclic) bond motifs is 1. The van der Waals surface area contributed by atoms with Gasteiger partial charge in [0.1, 0.15) is 0 Å². The maximum atomic E-state index is 11.1. The first-order valence-corrected chi connectivity index (χ1v) is 5.79. The van der Waals surface area contributed by atoms with Crippen LogP contribution in [0.15, 0.2) is 48.5 Å². The van der Waals surface area contributed by atoms with Crippen LogP contribution in [-0.4, -0.2) is 4.92 Å². The van der Waals surface area contributed by atoms with Gasteiger partial charge in [0.2, 0.25) is 0 Å². The van der Waals surface area contributed by atoms with Gasteiger partial charge in [-0.25, -0.2) is 0 Å². The highest BCUT2D eigenvalue weighted by Crippen LogP contribution is 2.35. The van der Waals surface area contributed by atoms with Crippen LogP contribution >= 0.6 is 0 Å². The maximum absolute atomic E-state index is 11.1. The van der Waals surface area contributed by atoms with Gasteiger partial charge in [-0.05, 0) is 29.2 Å². The lowest BCUT2D eigenvalue weighted by Crippen LogP contribution is -1.94. The predicted octanol–water partition coefficient (Wildman–Crippen LogP) is 3.83. The molecule has 0 N–H and O–H groups in total. The summed E-state index contributed by atoms with van der Waals surface area (Å²) in [5.74, 6) is 0. The standard InChI is InChI=1S/C15H11NO2/c17-16(18)15-10-2-1-7-14(15)13-9-4-6-11-5-3-8-12(11)13/h1-7,9-10H,8H2. The molecule has 3 heteroatoms. The molecule has 0 heterocycles. The molecule has 0 amide bonds. The molecule has 0 bridgehead atoms. The van der Waals surface area contributed by atoms with Gasteiger partial charge in [-0.1, -0.05) is 42.5 Å². The van der Waals surface area contributed by atoms with E-state index in [2.05, 4.69) is 12.2 Å². The Morgan fingerprint density at radius 1 is 1.00 bits per heavy atom. The van der Waals surface area contributed by atoms with Crippen molar-refractivity contribution in [1.29, 1.82) is 0 Å². The van der Waals surface area contributed by atoms with E-state index in [0.29, 0.717) is 5.56 Å². The van der Waals surface area contributed by atoms with Gasteiger partial charge >= 0.3 is 0 Å². The van der Waals surface area contributed by atoms with Crippen LogP contribution in [0.4, 0.5) is 5.69 Å². The molecule has 0 saturated carbocycles. The Balaban J connectivity index is 2.23. The van der Waals surface area contributed by atoms with Crippen LogP contribution in [0, 0.1) is 10.1 Å². The van der Waals surface area contributed by atoms with Crippen molar-refractivity contribution in [1.82, 2.24) is 0 Å². The van der Waals surface area contributed by atoms with Crippen molar-refractivity contribution in [3.8, 4) is 11.1 Å². The molecule has 2 aromatic carbocycles. The first-order valence-electron chi connectivity index (χ1n) is 5.79. The summed E-state index contributed by atoms with van der Waals surface area (Å²) in [5.41, 5.74) is 4.16. The monoisotopic (exact) mass is 237 g/mol. The molecule has 18 heavy (non-hydrogen) atoms. The third-order valence-electron chi connectivity index (χ3n) is 3.22. The normalized spacial score (nSPS) is 12.4. The van der Waals surface area contributed by atoms with Crippen molar-refractivity contribution >= 4 is 11.8 Å². The molecular formula is C15H11NO2. The van der Waals surface area contributed by atoms with Gasteiger partial charge in [0.15, 0.2) is 0 Å². The molecular weight excluding hydrogens is 226 g/mol. The maximum Gasteiger partial charge on any atom is 0.277 e. The van der Waals surface area contributed by atoms with Gasteiger partial charge in [-0.15, -0.1) is 0 Å². The topological polar surface area (TPSA) is 43.1 Å². The molecule has 1 aliphatic carbocycles. The molecule has 0 aliphatic heterocycles. The quantitative estimate of drug-likeness (QED) is 0.588. The molecule has 3 rings (SSSR count). The summed E-state index contributed by atoms with van der Waals surface area (Å²) in [7, 11) is 0. The van der Waals surface area contributed by atoms with Crippen molar-refractivity contribution in [3.05, 3.63) is 69.8 Å². The summed E-state index contributed by atoms with van der Waals surface area (Å²) in [6.07, 6.45) is 4.99. The Hall–Kier alpha value is -2.42. The van der Waals surface area contributed by atoms with Crippen LogP contribution < -0.4 is 0 Å². The second kappa shape index (κ2) is 4.11. The van der Waals surface area contributed by atoms with Crippen LogP contribution in [0.3, 0.4) is 0 Å². The van der Waals surface area contributed by atoms with Crippen LogP contribution in [-0.2, 0) is 6.42 Å². The Morgan fingerprint density at radius 2 is 1.78 bits per heavy atom. The number of rotatable bonds is 2. The van der Waals surface area contributed by atoms with Gasteiger partial charge in [0.25, 0.3) is 5.69 Å². The number of nitro benzene ring substituents is 1. The van der Waals surface area contributed by atoms with Crippen molar-refractivity contribution < 1.29 is 4.92 Å². The second-order valence-electron chi connectivity index (χ2n) is 4.25. The summed E-state index contributed by atoms with van der Waals surface area (Å²) < 4.78 is 0. The van der Waals surface area contributed by atoms with E-state index in [1.165, 1.54) is 5.56 Å². The number of para-hydroxylation sites is 1. The van der Waals surface area contributed by atoms with Gasteiger partial charge in [-0.3, -0.25) is 10.1 Å². The van der Waals surface area contributed by atoms with Crippen molar-refractivity contribution in [2.75, 3.05) is 0 Å². The summed E-state index contributed by atoms with van der Waals surface area (Å²) in [4.78, 5) is 10.8. The number of nitrogens with zero attached hydrogens (tertiary/aromatic N) is 1. The molecule has 0 aromatic heterocycles. The fourth-order valence-electron chi connectivity index (χ4n) is 2.41. The fourth-order valence-corrected chi connectivity index (χ4v) is 2.41. The Bertz CT molecular complexity index is 659. The first-order chi connectivity index (χ1) is 8.77. The first kappa shape index (κ1) is 10.7. The molecule has 0 spiro atoms. The lowest BCUT2D eigenvalue weighted by molar-refractivity contribution is -0.384. The SMILES string of the molecule is O=[N+]([O-])c1ccccc1-c1cccc2c1CC=C2.